The Balaban J connectivity index is 2.70. The second-order valence-corrected chi connectivity index (χ2v) is 4.75. The fourth-order valence-corrected chi connectivity index (χ4v) is 2.09. The fourth-order valence-electron chi connectivity index (χ4n) is 1.32. The quantitative estimate of drug-likeness (QED) is 0.593. The largest absolute Gasteiger partial charge is 0.388 e. The van der Waals surface area contributed by atoms with Crippen LogP contribution in [0, 0.1) is 0 Å². The molecule has 1 aliphatic heterocycles. The Morgan fingerprint density at radius 2 is 2.25 bits per heavy atom. The molecule has 1 atom stereocenters. The number of nitrogens with two attached hydrogens (primary N) is 1. The Labute approximate surface area is 72.3 Å². The van der Waals surface area contributed by atoms with E-state index in [2.05, 4.69) is 0 Å². The van der Waals surface area contributed by atoms with Crippen LogP contribution in [0.4, 0.5) is 0 Å². The molecule has 72 valence electrons. The first kappa shape index (κ1) is 9.91. The van der Waals surface area contributed by atoms with Crippen molar-refractivity contribution in [2.75, 3.05) is 13.1 Å². The van der Waals surface area contributed by atoms with Crippen molar-refractivity contribution in [3.63, 3.8) is 0 Å². The molecule has 1 rings (SSSR count). The highest BCUT2D eigenvalue weighted by Gasteiger charge is 2.38. The summed E-state index contributed by atoms with van der Waals surface area (Å²) < 4.78 is 22.8. The average molecular weight is 194 g/mol. The lowest BCUT2D eigenvalue weighted by atomic mass is 10.0. The lowest BCUT2D eigenvalue weighted by Gasteiger charge is -2.19. The Morgan fingerprint density at radius 3 is 2.50 bits per heavy atom. The van der Waals surface area contributed by atoms with Crippen molar-refractivity contribution in [1.82, 2.24) is 4.31 Å². The van der Waals surface area contributed by atoms with E-state index in [0.717, 1.165) is 4.31 Å². The summed E-state index contributed by atoms with van der Waals surface area (Å²) in [5, 5.41) is 14.6. The number of aliphatic hydroxyl groups is 1. The smallest absolute Gasteiger partial charge is 0.277 e. The maximum absolute atomic E-state index is 10.8. The topological polar surface area (TPSA) is 83.6 Å². The molecule has 1 heterocycles. The van der Waals surface area contributed by atoms with Gasteiger partial charge in [0.05, 0.1) is 5.60 Å². The van der Waals surface area contributed by atoms with Crippen molar-refractivity contribution in [2.24, 2.45) is 5.14 Å². The lowest BCUT2D eigenvalue weighted by molar-refractivity contribution is 0.0521. The van der Waals surface area contributed by atoms with Crippen molar-refractivity contribution in [2.45, 2.75) is 25.4 Å². The van der Waals surface area contributed by atoms with Crippen molar-refractivity contribution < 1.29 is 13.5 Å². The molecule has 5 nitrogen and oxygen atoms in total. The normalized spacial score (nSPS) is 32.6. The predicted octanol–water partition coefficient (Wildman–Crippen LogP) is -0.963. The van der Waals surface area contributed by atoms with E-state index in [1.165, 1.54) is 0 Å². The van der Waals surface area contributed by atoms with E-state index in [0.29, 0.717) is 19.4 Å². The van der Waals surface area contributed by atoms with Crippen molar-refractivity contribution in [3.8, 4) is 0 Å². The minimum atomic E-state index is -3.61. The summed E-state index contributed by atoms with van der Waals surface area (Å²) in [6.45, 7) is 2.28. The predicted molar refractivity (Wildman–Crippen MR) is 44.5 cm³/mol. The number of β-amino-alcohol motifs (C(OH)–C–C–N with tert-alkyl or cyclic N) is 1. The average Bonchev–Trinajstić information content (AvgIpc) is 2.32. The molecule has 3 N–H and O–H groups in total. The van der Waals surface area contributed by atoms with Gasteiger partial charge in [0.15, 0.2) is 0 Å². The summed E-state index contributed by atoms with van der Waals surface area (Å²) in [6.07, 6.45) is 1.03. The van der Waals surface area contributed by atoms with Crippen LogP contribution < -0.4 is 5.14 Å². The van der Waals surface area contributed by atoms with E-state index in [9.17, 15) is 13.5 Å². The minimum absolute atomic E-state index is 0.127. The molecule has 0 aromatic carbocycles. The molecular weight excluding hydrogens is 180 g/mol. The van der Waals surface area contributed by atoms with Gasteiger partial charge in [-0.1, -0.05) is 6.92 Å². The van der Waals surface area contributed by atoms with Crippen LogP contribution in [0.1, 0.15) is 19.8 Å². The first-order valence-electron chi connectivity index (χ1n) is 3.88. The van der Waals surface area contributed by atoms with E-state index in [1.807, 2.05) is 6.92 Å². The highest BCUT2D eigenvalue weighted by molar-refractivity contribution is 7.86. The number of hydrogen-bond donors (Lipinski definition) is 2. The van der Waals surface area contributed by atoms with E-state index >= 15 is 0 Å². The summed E-state index contributed by atoms with van der Waals surface area (Å²) in [6, 6.07) is 0. The highest BCUT2D eigenvalue weighted by Crippen LogP contribution is 2.25. The third kappa shape index (κ3) is 1.95. The minimum Gasteiger partial charge on any atom is -0.388 e. The van der Waals surface area contributed by atoms with E-state index < -0.39 is 15.8 Å². The van der Waals surface area contributed by atoms with Crippen LogP contribution in [0.25, 0.3) is 0 Å². The van der Waals surface area contributed by atoms with E-state index in [-0.39, 0.29) is 6.54 Å². The molecule has 0 aromatic heterocycles. The molecule has 0 radical (unpaired) electrons. The van der Waals surface area contributed by atoms with Gasteiger partial charge in [-0.2, -0.15) is 12.7 Å². The number of nitrogens with zero attached hydrogens (tertiary/aromatic N) is 1. The van der Waals surface area contributed by atoms with Gasteiger partial charge in [-0.25, -0.2) is 5.14 Å². The summed E-state index contributed by atoms with van der Waals surface area (Å²) in [4.78, 5) is 0. The van der Waals surface area contributed by atoms with Crippen molar-refractivity contribution >= 4 is 10.2 Å². The summed E-state index contributed by atoms with van der Waals surface area (Å²) in [7, 11) is -3.61. The van der Waals surface area contributed by atoms with Gasteiger partial charge in [-0.15, -0.1) is 0 Å². The summed E-state index contributed by atoms with van der Waals surface area (Å²) >= 11 is 0. The maximum atomic E-state index is 10.8. The van der Waals surface area contributed by atoms with E-state index in [4.69, 9.17) is 5.14 Å². The molecule has 0 aliphatic carbocycles. The molecule has 1 fully saturated rings. The van der Waals surface area contributed by atoms with Crippen molar-refractivity contribution in [1.29, 1.82) is 0 Å². The zero-order valence-corrected chi connectivity index (χ0v) is 7.84. The molecule has 0 spiro atoms. The monoisotopic (exact) mass is 194 g/mol. The zero-order chi connectivity index (χ0) is 9.41. The molecule has 1 saturated heterocycles. The molecule has 0 aromatic rings. The van der Waals surface area contributed by atoms with Crippen LogP contribution in [0.15, 0.2) is 0 Å². The summed E-state index contributed by atoms with van der Waals surface area (Å²) in [5.74, 6) is 0. The molecule has 0 saturated carbocycles. The van der Waals surface area contributed by atoms with E-state index in [1.54, 1.807) is 0 Å². The molecule has 0 amide bonds. The van der Waals surface area contributed by atoms with Gasteiger partial charge in [0, 0.05) is 13.1 Å². The Kier molecular flexibility index (Phi) is 2.44. The second kappa shape index (κ2) is 2.95. The molecule has 6 heteroatoms. The highest BCUT2D eigenvalue weighted by atomic mass is 32.2. The Hall–Kier alpha value is -0.170. The molecular formula is C6H14N2O3S. The third-order valence-corrected chi connectivity index (χ3v) is 3.35. The van der Waals surface area contributed by atoms with Gasteiger partial charge in [-0.3, -0.25) is 0 Å². The van der Waals surface area contributed by atoms with Gasteiger partial charge in [0.2, 0.25) is 0 Å². The molecule has 1 aliphatic rings. The zero-order valence-electron chi connectivity index (χ0n) is 7.02. The standard InChI is InChI=1S/C6H14N2O3S/c1-2-6(9)3-4-8(5-6)12(7,10)11/h9H,2-5H2,1H3,(H2,7,10,11). The van der Waals surface area contributed by atoms with Crippen LogP contribution in [-0.4, -0.2) is 36.5 Å². The van der Waals surface area contributed by atoms with Gasteiger partial charge < -0.3 is 5.11 Å². The van der Waals surface area contributed by atoms with Crippen LogP contribution in [0.5, 0.6) is 0 Å². The van der Waals surface area contributed by atoms with Crippen LogP contribution in [0.3, 0.4) is 0 Å². The van der Waals surface area contributed by atoms with Crippen molar-refractivity contribution in [3.05, 3.63) is 0 Å². The van der Waals surface area contributed by atoms with Crippen LogP contribution in [-0.2, 0) is 10.2 Å². The van der Waals surface area contributed by atoms with Crippen LogP contribution in [0.2, 0.25) is 0 Å². The van der Waals surface area contributed by atoms with Gasteiger partial charge in [-0.05, 0) is 12.8 Å². The number of hydrogen-bond acceptors (Lipinski definition) is 3. The summed E-state index contributed by atoms with van der Waals surface area (Å²) in [5.41, 5.74) is -0.869. The van der Waals surface area contributed by atoms with Gasteiger partial charge >= 0.3 is 0 Å². The Bertz CT molecular complexity index is 264. The second-order valence-electron chi connectivity index (χ2n) is 3.21. The molecule has 1 unspecified atom stereocenters. The third-order valence-electron chi connectivity index (χ3n) is 2.32. The molecule has 12 heavy (non-hydrogen) atoms. The first-order valence-corrected chi connectivity index (χ1v) is 5.38. The van der Waals surface area contributed by atoms with Gasteiger partial charge in [0.1, 0.15) is 0 Å². The SMILES string of the molecule is CCC1(O)CCN(S(N)(=O)=O)C1. The van der Waals surface area contributed by atoms with Crippen LogP contribution >= 0.6 is 0 Å². The lowest BCUT2D eigenvalue weighted by Crippen LogP contribution is -2.38. The number of rotatable bonds is 2. The first-order chi connectivity index (χ1) is 5.37. The van der Waals surface area contributed by atoms with Gasteiger partial charge in [0.25, 0.3) is 10.2 Å². The fraction of sp³-hybridized carbons (Fsp3) is 1.00. The Morgan fingerprint density at radius 1 is 1.67 bits per heavy atom. The molecule has 0 bridgehead atoms. The maximum Gasteiger partial charge on any atom is 0.277 e.